The van der Waals surface area contributed by atoms with Crippen LogP contribution in [0.15, 0.2) is 53.9 Å². The van der Waals surface area contributed by atoms with Gasteiger partial charge >= 0.3 is 6.18 Å². The highest BCUT2D eigenvalue weighted by Gasteiger charge is 2.31. The number of ether oxygens (including phenoxy) is 1. The van der Waals surface area contributed by atoms with Crippen LogP contribution in [-0.4, -0.2) is 47.6 Å². The van der Waals surface area contributed by atoms with Gasteiger partial charge in [0.25, 0.3) is 0 Å². The van der Waals surface area contributed by atoms with Gasteiger partial charge in [0.05, 0.1) is 29.8 Å². The highest BCUT2D eigenvalue weighted by molar-refractivity contribution is 7.99. The Hall–Kier alpha value is -3.21. The van der Waals surface area contributed by atoms with E-state index in [1.54, 1.807) is 42.8 Å². The van der Waals surface area contributed by atoms with E-state index in [2.05, 4.69) is 15.5 Å². The van der Waals surface area contributed by atoms with Crippen LogP contribution in [0.4, 0.5) is 24.5 Å². The zero-order valence-corrected chi connectivity index (χ0v) is 17.8. The summed E-state index contributed by atoms with van der Waals surface area (Å²) >= 11 is 1.12. The van der Waals surface area contributed by atoms with Crippen molar-refractivity contribution in [2.45, 2.75) is 11.3 Å². The number of nitrogens with zero attached hydrogens (tertiary/aromatic N) is 4. The second-order valence-corrected chi connectivity index (χ2v) is 7.59. The number of thioether (sulfide) groups is 1. The summed E-state index contributed by atoms with van der Waals surface area (Å²) in [5, 5.41) is 10.9. The van der Waals surface area contributed by atoms with Crippen LogP contribution in [0.5, 0.6) is 5.75 Å². The quantitative estimate of drug-likeness (QED) is 0.546. The number of hydrogen-bond donors (Lipinski definition) is 1. The Labute approximate surface area is 181 Å². The van der Waals surface area contributed by atoms with Crippen LogP contribution in [-0.2, 0) is 11.0 Å². The molecule has 0 atom stereocenters. The zero-order valence-electron chi connectivity index (χ0n) is 17.0. The molecule has 0 aliphatic carbocycles. The van der Waals surface area contributed by atoms with Crippen LogP contribution >= 0.6 is 11.8 Å². The highest BCUT2D eigenvalue weighted by Crippen LogP contribution is 2.35. The zero-order chi connectivity index (χ0) is 22.6. The topological polar surface area (TPSA) is 72.3 Å². The maximum Gasteiger partial charge on any atom is 0.416 e. The van der Waals surface area contributed by atoms with E-state index in [0.717, 1.165) is 29.6 Å². The summed E-state index contributed by atoms with van der Waals surface area (Å²) in [4.78, 5) is 14.1. The summed E-state index contributed by atoms with van der Waals surface area (Å²) in [6.07, 6.45) is -2.99. The molecule has 1 aromatic heterocycles. The number of benzene rings is 2. The van der Waals surface area contributed by atoms with E-state index in [1.807, 2.05) is 12.1 Å². The summed E-state index contributed by atoms with van der Waals surface area (Å²) in [7, 11) is 4.94. The van der Waals surface area contributed by atoms with Crippen LogP contribution in [0, 0.1) is 0 Å². The van der Waals surface area contributed by atoms with Crippen LogP contribution < -0.4 is 15.0 Å². The minimum atomic E-state index is -4.51. The fourth-order valence-corrected chi connectivity index (χ4v) is 3.49. The van der Waals surface area contributed by atoms with Gasteiger partial charge in [0.1, 0.15) is 12.1 Å². The van der Waals surface area contributed by atoms with E-state index >= 15 is 0 Å². The van der Waals surface area contributed by atoms with Crippen molar-refractivity contribution < 1.29 is 22.7 Å². The second kappa shape index (κ2) is 9.29. The molecule has 1 heterocycles. The first-order valence-corrected chi connectivity index (χ1v) is 10.0. The van der Waals surface area contributed by atoms with Crippen molar-refractivity contribution in [2.24, 2.45) is 0 Å². The lowest BCUT2D eigenvalue weighted by molar-refractivity contribution is -0.137. The van der Waals surface area contributed by atoms with Gasteiger partial charge < -0.3 is 15.0 Å². The van der Waals surface area contributed by atoms with E-state index in [4.69, 9.17) is 4.74 Å². The third-order valence-electron chi connectivity index (χ3n) is 4.28. The average Bonchev–Trinajstić information content (AvgIpc) is 3.20. The molecule has 0 saturated carbocycles. The lowest BCUT2D eigenvalue weighted by Crippen LogP contribution is -2.19. The molecule has 0 aliphatic heterocycles. The fourth-order valence-electron chi connectivity index (χ4n) is 2.76. The molecule has 11 heteroatoms. The number of aromatic nitrogens is 3. The molecule has 0 aliphatic rings. The predicted molar refractivity (Wildman–Crippen MR) is 113 cm³/mol. The van der Waals surface area contributed by atoms with E-state index in [-0.39, 0.29) is 11.4 Å². The second-order valence-electron chi connectivity index (χ2n) is 6.64. The molecule has 164 valence electrons. The number of anilines is 2. The third-order valence-corrected chi connectivity index (χ3v) is 5.22. The van der Waals surface area contributed by atoms with Gasteiger partial charge in [-0.1, -0.05) is 11.8 Å². The molecule has 3 rings (SSSR count). The number of amides is 1. The molecule has 0 saturated heterocycles. The van der Waals surface area contributed by atoms with Gasteiger partial charge in [-0.2, -0.15) is 13.2 Å². The molecule has 0 bridgehead atoms. The van der Waals surface area contributed by atoms with Crippen molar-refractivity contribution >= 4 is 29.0 Å². The molecule has 0 unspecified atom stereocenters. The van der Waals surface area contributed by atoms with Crippen LogP contribution in [0.1, 0.15) is 5.56 Å². The SMILES string of the molecule is COc1ccc(-n2cnnc2SCC(=O)Nc2cc(C(F)(F)F)ccc2N(C)C)cc1. The van der Waals surface area contributed by atoms with Gasteiger partial charge in [-0.3, -0.25) is 9.36 Å². The van der Waals surface area contributed by atoms with Gasteiger partial charge in [0, 0.05) is 19.8 Å². The first kappa shape index (κ1) is 22.5. The summed E-state index contributed by atoms with van der Waals surface area (Å²) in [6.45, 7) is 0. The highest BCUT2D eigenvalue weighted by atomic mass is 32.2. The number of rotatable bonds is 7. The molecule has 31 heavy (non-hydrogen) atoms. The van der Waals surface area contributed by atoms with E-state index < -0.39 is 17.6 Å². The van der Waals surface area contributed by atoms with Crippen LogP contribution in [0.2, 0.25) is 0 Å². The number of carbonyl (C=O) groups excluding carboxylic acids is 1. The summed E-state index contributed by atoms with van der Waals surface area (Å²) < 4.78 is 46.0. The molecule has 0 radical (unpaired) electrons. The maximum absolute atomic E-state index is 13.1. The maximum atomic E-state index is 13.1. The largest absolute Gasteiger partial charge is 0.497 e. The fraction of sp³-hybridized carbons (Fsp3) is 0.250. The molecule has 1 N–H and O–H groups in total. The van der Waals surface area contributed by atoms with Crippen molar-refractivity contribution in [3.63, 3.8) is 0 Å². The summed E-state index contributed by atoms with van der Waals surface area (Å²) in [6, 6.07) is 10.4. The molecule has 0 spiro atoms. The van der Waals surface area contributed by atoms with Crippen molar-refractivity contribution in [1.82, 2.24) is 14.8 Å². The summed E-state index contributed by atoms with van der Waals surface area (Å²) in [5.74, 6) is 0.178. The standard InChI is InChI=1S/C20H20F3N5O2S/c1-27(2)17-9-4-13(20(21,22)23)10-16(17)25-18(29)11-31-19-26-24-12-28(19)14-5-7-15(30-3)8-6-14/h4-10,12H,11H2,1-3H3,(H,25,29). The number of hydrogen-bond acceptors (Lipinski definition) is 6. The normalized spacial score (nSPS) is 11.3. The first-order chi connectivity index (χ1) is 14.7. The molecule has 2 aromatic carbocycles. The Kier molecular flexibility index (Phi) is 6.74. The van der Waals surface area contributed by atoms with E-state index in [1.165, 1.54) is 12.4 Å². The molecule has 0 fully saturated rings. The van der Waals surface area contributed by atoms with Gasteiger partial charge in [-0.25, -0.2) is 0 Å². The average molecular weight is 451 g/mol. The van der Waals surface area contributed by atoms with Crippen molar-refractivity contribution in [3.8, 4) is 11.4 Å². The third kappa shape index (κ3) is 5.48. The lowest BCUT2D eigenvalue weighted by atomic mass is 10.1. The Morgan fingerprint density at radius 2 is 1.90 bits per heavy atom. The monoisotopic (exact) mass is 451 g/mol. The van der Waals surface area contributed by atoms with E-state index in [0.29, 0.717) is 16.6 Å². The first-order valence-electron chi connectivity index (χ1n) is 9.04. The van der Waals surface area contributed by atoms with Gasteiger partial charge in [0.15, 0.2) is 5.16 Å². The number of alkyl halides is 3. The van der Waals surface area contributed by atoms with Gasteiger partial charge in [-0.15, -0.1) is 10.2 Å². The molecular weight excluding hydrogens is 431 g/mol. The smallest absolute Gasteiger partial charge is 0.416 e. The van der Waals surface area contributed by atoms with Crippen LogP contribution in [0.3, 0.4) is 0 Å². The number of halogens is 3. The number of carbonyl (C=O) groups is 1. The minimum Gasteiger partial charge on any atom is -0.497 e. The van der Waals surface area contributed by atoms with Crippen molar-refractivity contribution in [1.29, 1.82) is 0 Å². The number of nitrogens with one attached hydrogen (secondary N) is 1. The Balaban J connectivity index is 1.72. The van der Waals surface area contributed by atoms with Crippen molar-refractivity contribution in [3.05, 3.63) is 54.4 Å². The lowest BCUT2D eigenvalue weighted by Gasteiger charge is -2.19. The van der Waals surface area contributed by atoms with Gasteiger partial charge in [-0.05, 0) is 42.5 Å². The number of methoxy groups -OCH3 is 1. The summed E-state index contributed by atoms with van der Waals surface area (Å²) in [5.41, 5.74) is 0.497. The predicted octanol–water partition coefficient (Wildman–Crippen LogP) is 4.09. The molecule has 1 amide bonds. The molecule has 7 nitrogen and oxygen atoms in total. The Bertz CT molecular complexity index is 1050. The van der Waals surface area contributed by atoms with Gasteiger partial charge in [0.2, 0.25) is 5.91 Å². The van der Waals surface area contributed by atoms with Crippen molar-refractivity contribution in [2.75, 3.05) is 37.2 Å². The Morgan fingerprint density at radius 1 is 1.19 bits per heavy atom. The van der Waals surface area contributed by atoms with Crippen LogP contribution in [0.25, 0.3) is 5.69 Å². The molecular formula is C20H20F3N5O2S. The molecule has 3 aromatic rings. The minimum absolute atomic E-state index is 0.0576. The Morgan fingerprint density at radius 3 is 2.52 bits per heavy atom. The van der Waals surface area contributed by atoms with E-state index in [9.17, 15) is 18.0 Å².